The zero-order chi connectivity index (χ0) is 13.1. The van der Waals surface area contributed by atoms with E-state index in [-0.39, 0.29) is 4.90 Å². The van der Waals surface area contributed by atoms with Crippen molar-refractivity contribution in [1.82, 2.24) is 4.72 Å². The van der Waals surface area contributed by atoms with E-state index in [9.17, 15) is 18.3 Å². The number of carbonyl (C=O) groups is 1. The van der Waals surface area contributed by atoms with Crippen LogP contribution in [0.25, 0.3) is 0 Å². The maximum absolute atomic E-state index is 11.8. The molecule has 1 aromatic carbocycles. The van der Waals surface area contributed by atoms with Crippen LogP contribution in [0.3, 0.4) is 0 Å². The Labute approximate surface area is 99.0 Å². The molecule has 1 rings (SSSR count). The van der Waals surface area contributed by atoms with Crippen LogP contribution in [0.1, 0.15) is 6.92 Å². The van der Waals surface area contributed by atoms with Gasteiger partial charge in [-0.3, -0.25) is 4.79 Å². The molecule has 6 nitrogen and oxygen atoms in total. The summed E-state index contributed by atoms with van der Waals surface area (Å²) in [6, 6.07) is 5.79. The van der Waals surface area contributed by atoms with Crippen molar-refractivity contribution in [3.05, 3.63) is 30.3 Å². The molecule has 0 saturated carbocycles. The Morgan fingerprint density at radius 2 is 1.82 bits per heavy atom. The van der Waals surface area contributed by atoms with Crippen LogP contribution in [0.2, 0.25) is 0 Å². The maximum atomic E-state index is 11.8. The molecule has 7 heteroatoms. The van der Waals surface area contributed by atoms with Gasteiger partial charge in [-0.2, -0.15) is 4.72 Å². The number of aliphatic carboxylic acids is 1. The molecule has 0 saturated heterocycles. The lowest BCUT2D eigenvalue weighted by Crippen LogP contribution is -2.47. The average molecular weight is 259 g/mol. The van der Waals surface area contributed by atoms with Gasteiger partial charge in [0.15, 0.2) is 0 Å². The molecule has 0 heterocycles. The summed E-state index contributed by atoms with van der Waals surface area (Å²) >= 11 is 0. The molecule has 2 atom stereocenters. The summed E-state index contributed by atoms with van der Waals surface area (Å²) in [5, 5.41) is 18.0. The van der Waals surface area contributed by atoms with Crippen molar-refractivity contribution in [2.45, 2.75) is 24.0 Å². The number of carboxylic acid groups (broad SMARTS) is 1. The SMILES string of the molecule is CC(O)[C@H](NS(=O)(=O)c1ccccc1)C(=O)O. The first kappa shape index (κ1) is 13.6. The third kappa shape index (κ3) is 3.52. The van der Waals surface area contributed by atoms with E-state index >= 15 is 0 Å². The Morgan fingerprint density at radius 1 is 1.29 bits per heavy atom. The molecule has 0 aromatic heterocycles. The normalized spacial score (nSPS) is 15.2. The van der Waals surface area contributed by atoms with Crippen LogP contribution in [-0.4, -0.2) is 36.7 Å². The number of rotatable bonds is 5. The monoisotopic (exact) mass is 259 g/mol. The van der Waals surface area contributed by atoms with Crippen molar-refractivity contribution in [1.29, 1.82) is 0 Å². The summed E-state index contributed by atoms with van der Waals surface area (Å²) < 4.78 is 25.5. The van der Waals surface area contributed by atoms with Gasteiger partial charge in [-0.25, -0.2) is 8.42 Å². The number of aliphatic hydroxyl groups is 1. The van der Waals surface area contributed by atoms with Crippen molar-refractivity contribution < 1.29 is 23.4 Å². The third-order valence-corrected chi connectivity index (χ3v) is 3.54. The fourth-order valence-corrected chi connectivity index (χ4v) is 2.47. The molecule has 94 valence electrons. The van der Waals surface area contributed by atoms with Gasteiger partial charge in [-0.1, -0.05) is 18.2 Å². The van der Waals surface area contributed by atoms with Crippen LogP contribution in [0.4, 0.5) is 0 Å². The van der Waals surface area contributed by atoms with Crippen molar-refractivity contribution >= 4 is 16.0 Å². The molecule has 0 aliphatic carbocycles. The van der Waals surface area contributed by atoms with Crippen LogP contribution < -0.4 is 4.72 Å². The number of benzene rings is 1. The van der Waals surface area contributed by atoms with Crippen molar-refractivity contribution in [2.24, 2.45) is 0 Å². The second-order valence-corrected chi connectivity index (χ2v) is 5.20. The van der Waals surface area contributed by atoms with Crippen LogP contribution in [0.15, 0.2) is 35.2 Å². The molecule has 0 amide bonds. The highest BCUT2D eigenvalue weighted by Gasteiger charge is 2.28. The molecule has 0 bridgehead atoms. The van der Waals surface area contributed by atoms with Crippen LogP contribution in [0, 0.1) is 0 Å². The van der Waals surface area contributed by atoms with Gasteiger partial charge in [0.25, 0.3) is 0 Å². The minimum absolute atomic E-state index is 0.0492. The first-order valence-corrected chi connectivity index (χ1v) is 6.31. The van der Waals surface area contributed by atoms with E-state index in [1.807, 2.05) is 4.72 Å². The van der Waals surface area contributed by atoms with Crippen molar-refractivity contribution in [3.63, 3.8) is 0 Å². The Kier molecular flexibility index (Phi) is 4.22. The average Bonchev–Trinajstić information content (AvgIpc) is 2.26. The fraction of sp³-hybridized carbons (Fsp3) is 0.300. The number of carboxylic acids is 1. The Balaban J connectivity index is 2.97. The Morgan fingerprint density at radius 3 is 2.24 bits per heavy atom. The second-order valence-electron chi connectivity index (χ2n) is 3.49. The van der Waals surface area contributed by atoms with E-state index in [4.69, 9.17) is 5.11 Å². The highest BCUT2D eigenvalue weighted by Crippen LogP contribution is 2.09. The Hall–Kier alpha value is -1.44. The Bertz CT molecular complexity index is 483. The first-order chi connectivity index (χ1) is 7.84. The smallest absolute Gasteiger partial charge is 0.324 e. The highest BCUT2D eigenvalue weighted by atomic mass is 32.2. The van der Waals surface area contributed by atoms with E-state index < -0.39 is 28.1 Å². The third-order valence-electron chi connectivity index (χ3n) is 2.08. The van der Waals surface area contributed by atoms with Crippen LogP contribution in [0.5, 0.6) is 0 Å². The number of sulfonamides is 1. The van der Waals surface area contributed by atoms with E-state index in [2.05, 4.69) is 0 Å². The zero-order valence-corrected chi connectivity index (χ0v) is 9.89. The second kappa shape index (κ2) is 5.26. The van der Waals surface area contributed by atoms with Gasteiger partial charge in [0.1, 0.15) is 6.04 Å². The first-order valence-electron chi connectivity index (χ1n) is 4.83. The molecule has 1 aromatic rings. The lowest BCUT2D eigenvalue weighted by atomic mass is 10.2. The predicted octanol–water partition coefficient (Wildman–Crippen LogP) is -0.201. The molecular formula is C10H13NO5S. The summed E-state index contributed by atoms with van der Waals surface area (Å²) in [6.45, 7) is 1.20. The van der Waals surface area contributed by atoms with E-state index in [0.29, 0.717) is 0 Å². The van der Waals surface area contributed by atoms with Gasteiger partial charge in [0.05, 0.1) is 11.0 Å². The van der Waals surface area contributed by atoms with E-state index in [0.717, 1.165) is 0 Å². The van der Waals surface area contributed by atoms with Crippen molar-refractivity contribution in [2.75, 3.05) is 0 Å². The molecule has 1 unspecified atom stereocenters. The molecule has 0 aliphatic heterocycles. The van der Waals surface area contributed by atoms with Gasteiger partial charge in [-0.05, 0) is 19.1 Å². The summed E-state index contributed by atoms with van der Waals surface area (Å²) in [5.41, 5.74) is 0. The minimum Gasteiger partial charge on any atom is -0.480 e. The number of hydrogen-bond acceptors (Lipinski definition) is 4. The van der Waals surface area contributed by atoms with Crippen LogP contribution in [-0.2, 0) is 14.8 Å². The summed E-state index contributed by atoms with van der Waals surface area (Å²) in [4.78, 5) is 10.7. The standard InChI is InChI=1S/C10H13NO5S/c1-7(12)9(10(13)14)11-17(15,16)8-5-3-2-4-6-8/h2-7,9,11-12H,1H3,(H,13,14)/t7?,9-/m0/s1. The molecule has 0 fully saturated rings. The summed E-state index contributed by atoms with van der Waals surface area (Å²) in [6.07, 6.45) is -1.33. The highest BCUT2D eigenvalue weighted by molar-refractivity contribution is 7.89. The van der Waals surface area contributed by atoms with Gasteiger partial charge in [0.2, 0.25) is 10.0 Å². The van der Waals surface area contributed by atoms with Gasteiger partial charge < -0.3 is 10.2 Å². The quantitative estimate of drug-likeness (QED) is 0.679. The lowest BCUT2D eigenvalue weighted by molar-refractivity contribution is -0.141. The zero-order valence-electron chi connectivity index (χ0n) is 9.07. The largest absolute Gasteiger partial charge is 0.480 e. The number of hydrogen-bond donors (Lipinski definition) is 3. The van der Waals surface area contributed by atoms with E-state index in [1.54, 1.807) is 6.07 Å². The molecule has 3 N–H and O–H groups in total. The lowest BCUT2D eigenvalue weighted by Gasteiger charge is -2.16. The molecule has 0 aliphatic rings. The van der Waals surface area contributed by atoms with Gasteiger partial charge in [0, 0.05) is 0 Å². The molecule has 0 spiro atoms. The molecule has 17 heavy (non-hydrogen) atoms. The van der Waals surface area contributed by atoms with Crippen molar-refractivity contribution in [3.8, 4) is 0 Å². The predicted molar refractivity (Wildman–Crippen MR) is 59.9 cm³/mol. The topological polar surface area (TPSA) is 104 Å². The minimum atomic E-state index is -3.94. The number of aliphatic hydroxyl groups excluding tert-OH is 1. The maximum Gasteiger partial charge on any atom is 0.324 e. The summed E-state index contributed by atoms with van der Waals surface area (Å²) in [7, 11) is -3.94. The number of nitrogens with one attached hydrogen (secondary N) is 1. The fourth-order valence-electron chi connectivity index (χ4n) is 1.19. The summed E-state index contributed by atoms with van der Waals surface area (Å²) in [5.74, 6) is -1.43. The molecular weight excluding hydrogens is 246 g/mol. The van der Waals surface area contributed by atoms with E-state index in [1.165, 1.54) is 31.2 Å². The van der Waals surface area contributed by atoms with Crippen LogP contribution >= 0.6 is 0 Å². The van der Waals surface area contributed by atoms with Gasteiger partial charge in [-0.15, -0.1) is 0 Å². The van der Waals surface area contributed by atoms with Gasteiger partial charge >= 0.3 is 5.97 Å². The molecule has 0 radical (unpaired) electrons.